The van der Waals surface area contributed by atoms with Gasteiger partial charge in [0.05, 0.1) is 12.6 Å². The molecule has 2 rings (SSSR count). The molecule has 0 aromatic carbocycles. The second-order valence-corrected chi connectivity index (χ2v) is 6.04. The summed E-state index contributed by atoms with van der Waals surface area (Å²) in [4.78, 5) is 2.57. The van der Waals surface area contributed by atoms with Gasteiger partial charge in [0, 0.05) is 5.54 Å². The maximum atomic E-state index is 6.07. The first kappa shape index (κ1) is 12.3. The van der Waals surface area contributed by atoms with Crippen LogP contribution in [0, 0.1) is 0 Å². The number of piperidine rings is 1. The van der Waals surface area contributed by atoms with Crippen molar-refractivity contribution in [2.24, 2.45) is 0 Å². The molecule has 2 atom stereocenters. The Balaban J connectivity index is 2.10. The van der Waals surface area contributed by atoms with Crippen LogP contribution in [-0.2, 0) is 4.74 Å². The first-order chi connectivity index (χ1) is 7.47. The Morgan fingerprint density at radius 3 is 2.62 bits per heavy atom. The molecule has 2 aliphatic heterocycles. The van der Waals surface area contributed by atoms with E-state index in [9.17, 15) is 0 Å². The average molecular weight is 226 g/mol. The van der Waals surface area contributed by atoms with E-state index in [0.717, 1.165) is 13.2 Å². The molecule has 2 heterocycles. The van der Waals surface area contributed by atoms with Crippen LogP contribution in [-0.4, -0.2) is 41.9 Å². The normalized spacial score (nSPS) is 40.1. The molecule has 94 valence electrons. The molecule has 2 aliphatic rings. The Morgan fingerprint density at radius 1 is 1.31 bits per heavy atom. The Kier molecular flexibility index (Phi) is 3.30. The lowest BCUT2D eigenvalue weighted by atomic mass is 9.93. The van der Waals surface area contributed by atoms with E-state index in [4.69, 9.17) is 4.74 Å². The van der Waals surface area contributed by atoms with Crippen molar-refractivity contribution in [2.45, 2.75) is 64.3 Å². The van der Waals surface area contributed by atoms with Crippen LogP contribution in [0.25, 0.3) is 0 Å². The van der Waals surface area contributed by atoms with Crippen molar-refractivity contribution in [2.75, 3.05) is 19.7 Å². The third-order valence-corrected chi connectivity index (χ3v) is 3.98. The number of likely N-dealkylation sites (N-methyl/N-ethyl adjacent to an activating group) is 1. The summed E-state index contributed by atoms with van der Waals surface area (Å²) in [7, 11) is 0. The summed E-state index contributed by atoms with van der Waals surface area (Å²) >= 11 is 0. The highest BCUT2D eigenvalue weighted by atomic mass is 16.5. The predicted octanol–water partition coefficient (Wildman–Crippen LogP) is 1.98. The predicted molar refractivity (Wildman–Crippen MR) is 66.5 cm³/mol. The Bertz CT molecular complexity index is 254. The molecule has 3 heteroatoms. The van der Waals surface area contributed by atoms with E-state index in [1.165, 1.54) is 25.8 Å². The van der Waals surface area contributed by atoms with Gasteiger partial charge in [0.1, 0.15) is 5.72 Å². The number of likely N-dealkylation sites (tertiary alicyclic amines) is 1. The van der Waals surface area contributed by atoms with Crippen LogP contribution in [0.3, 0.4) is 0 Å². The Morgan fingerprint density at radius 2 is 2.06 bits per heavy atom. The van der Waals surface area contributed by atoms with E-state index in [1.807, 2.05) is 0 Å². The SMILES string of the molecule is CCN1CCCCC1C1(C)NC(C)(C)CO1. The number of ether oxygens (including phenoxy) is 1. The number of nitrogens with one attached hydrogen (secondary N) is 1. The van der Waals surface area contributed by atoms with Crippen molar-refractivity contribution < 1.29 is 4.74 Å². The van der Waals surface area contributed by atoms with Gasteiger partial charge in [-0.15, -0.1) is 0 Å². The Labute approximate surface area is 99.5 Å². The monoisotopic (exact) mass is 226 g/mol. The third-order valence-electron chi connectivity index (χ3n) is 3.98. The van der Waals surface area contributed by atoms with Gasteiger partial charge in [0.2, 0.25) is 0 Å². The van der Waals surface area contributed by atoms with Gasteiger partial charge >= 0.3 is 0 Å². The summed E-state index contributed by atoms with van der Waals surface area (Å²) in [5.74, 6) is 0. The van der Waals surface area contributed by atoms with Gasteiger partial charge in [-0.1, -0.05) is 13.3 Å². The highest BCUT2D eigenvalue weighted by Crippen LogP contribution is 2.33. The summed E-state index contributed by atoms with van der Waals surface area (Å²) in [6.07, 6.45) is 3.93. The zero-order valence-electron chi connectivity index (χ0n) is 11.2. The minimum atomic E-state index is -0.153. The second kappa shape index (κ2) is 4.28. The molecule has 3 nitrogen and oxygen atoms in total. The summed E-state index contributed by atoms with van der Waals surface area (Å²) < 4.78 is 6.07. The maximum Gasteiger partial charge on any atom is 0.132 e. The van der Waals surface area contributed by atoms with Crippen molar-refractivity contribution in [1.29, 1.82) is 0 Å². The lowest BCUT2D eigenvalue weighted by molar-refractivity contribution is -0.0768. The standard InChI is InChI=1S/C13H26N2O/c1-5-15-9-7-6-8-11(15)13(4)14-12(2,3)10-16-13/h11,14H,5-10H2,1-4H3. The molecule has 2 saturated heterocycles. The lowest BCUT2D eigenvalue weighted by Gasteiger charge is -2.44. The van der Waals surface area contributed by atoms with E-state index in [0.29, 0.717) is 6.04 Å². The van der Waals surface area contributed by atoms with E-state index in [1.54, 1.807) is 0 Å². The fourth-order valence-electron chi connectivity index (χ4n) is 3.25. The van der Waals surface area contributed by atoms with Crippen LogP contribution in [0.5, 0.6) is 0 Å². The molecule has 16 heavy (non-hydrogen) atoms. The van der Waals surface area contributed by atoms with Crippen molar-refractivity contribution in [3.63, 3.8) is 0 Å². The summed E-state index contributed by atoms with van der Waals surface area (Å²) in [6, 6.07) is 0.535. The van der Waals surface area contributed by atoms with Crippen molar-refractivity contribution >= 4 is 0 Å². The minimum absolute atomic E-state index is 0.117. The van der Waals surface area contributed by atoms with Gasteiger partial charge < -0.3 is 4.74 Å². The Hall–Kier alpha value is -0.120. The van der Waals surface area contributed by atoms with E-state index in [2.05, 4.69) is 37.9 Å². The van der Waals surface area contributed by atoms with Gasteiger partial charge in [0.25, 0.3) is 0 Å². The molecule has 0 radical (unpaired) electrons. The molecule has 0 saturated carbocycles. The van der Waals surface area contributed by atoms with Crippen LogP contribution in [0.2, 0.25) is 0 Å². The van der Waals surface area contributed by atoms with E-state index < -0.39 is 0 Å². The zero-order valence-corrected chi connectivity index (χ0v) is 11.2. The summed E-state index contributed by atoms with van der Waals surface area (Å²) in [5, 5.41) is 3.68. The highest BCUT2D eigenvalue weighted by molar-refractivity contribution is 5.00. The molecule has 0 aliphatic carbocycles. The molecular formula is C13H26N2O. The van der Waals surface area contributed by atoms with Crippen molar-refractivity contribution in [3.8, 4) is 0 Å². The van der Waals surface area contributed by atoms with Gasteiger partial charge in [-0.25, -0.2) is 0 Å². The number of rotatable bonds is 2. The maximum absolute atomic E-state index is 6.07. The fraction of sp³-hybridized carbons (Fsp3) is 1.00. The molecule has 0 bridgehead atoms. The third kappa shape index (κ3) is 2.27. The topological polar surface area (TPSA) is 24.5 Å². The number of hydrogen-bond donors (Lipinski definition) is 1. The van der Waals surface area contributed by atoms with Crippen LogP contribution in [0.4, 0.5) is 0 Å². The van der Waals surface area contributed by atoms with Crippen LogP contribution in [0.15, 0.2) is 0 Å². The lowest BCUT2D eigenvalue weighted by Crippen LogP contribution is -2.61. The largest absolute Gasteiger partial charge is 0.357 e. The minimum Gasteiger partial charge on any atom is -0.357 e. The van der Waals surface area contributed by atoms with Crippen molar-refractivity contribution in [1.82, 2.24) is 10.2 Å². The molecule has 2 unspecified atom stereocenters. The van der Waals surface area contributed by atoms with Crippen LogP contribution in [0.1, 0.15) is 47.0 Å². The van der Waals surface area contributed by atoms with Gasteiger partial charge in [-0.2, -0.15) is 0 Å². The molecule has 2 fully saturated rings. The van der Waals surface area contributed by atoms with Crippen LogP contribution < -0.4 is 5.32 Å². The smallest absolute Gasteiger partial charge is 0.132 e. The fourth-order valence-corrected chi connectivity index (χ4v) is 3.25. The highest BCUT2D eigenvalue weighted by Gasteiger charge is 2.47. The summed E-state index contributed by atoms with van der Waals surface area (Å²) in [6.45, 7) is 12.1. The average Bonchev–Trinajstić information content (AvgIpc) is 2.54. The molecule has 0 aromatic rings. The molecule has 0 amide bonds. The quantitative estimate of drug-likeness (QED) is 0.779. The number of hydrogen-bond acceptors (Lipinski definition) is 3. The van der Waals surface area contributed by atoms with Gasteiger partial charge in [-0.3, -0.25) is 10.2 Å². The van der Waals surface area contributed by atoms with Crippen LogP contribution >= 0.6 is 0 Å². The second-order valence-electron chi connectivity index (χ2n) is 6.04. The zero-order chi connectivity index (χ0) is 11.8. The molecule has 0 spiro atoms. The summed E-state index contributed by atoms with van der Waals surface area (Å²) in [5.41, 5.74) is -0.0362. The number of nitrogens with zero attached hydrogens (tertiary/aromatic N) is 1. The van der Waals surface area contributed by atoms with E-state index >= 15 is 0 Å². The van der Waals surface area contributed by atoms with E-state index in [-0.39, 0.29) is 11.3 Å². The first-order valence-electron chi connectivity index (χ1n) is 6.64. The molecule has 0 aromatic heterocycles. The van der Waals surface area contributed by atoms with Gasteiger partial charge in [-0.05, 0) is 46.7 Å². The van der Waals surface area contributed by atoms with Crippen molar-refractivity contribution in [3.05, 3.63) is 0 Å². The molecule has 1 N–H and O–H groups in total. The first-order valence-corrected chi connectivity index (χ1v) is 6.64. The molecular weight excluding hydrogens is 200 g/mol. The van der Waals surface area contributed by atoms with Gasteiger partial charge in [0.15, 0.2) is 0 Å².